The first-order valence-corrected chi connectivity index (χ1v) is 9.68. The summed E-state index contributed by atoms with van der Waals surface area (Å²) in [5, 5.41) is 6.56. The minimum absolute atomic E-state index is 1.28. The molecule has 0 aliphatic carbocycles. The number of allylic oxidation sites excluding steroid dienone is 1. The molecule has 0 nitrogen and oxygen atoms in total. The van der Waals surface area contributed by atoms with E-state index in [1.165, 1.54) is 47.6 Å². The zero-order valence-corrected chi connectivity index (χ0v) is 15.4. The molecule has 4 aromatic carbocycles. The van der Waals surface area contributed by atoms with Crippen molar-refractivity contribution in [3.05, 3.63) is 95.4 Å². The predicted molar refractivity (Wildman–Crippen MR) is 117 cm³/mol. The van der Waals surface area contributed by atoms with E-state index in [4.69, 9.17) is 0 Å². The van der Waals surface area contributed by atoms with Gasteiger partial charge in [0, 0.05) is 9.58 Å². The molecule has 0 unspecified atom stereocenters. The van der Waals surface area contributed by atoms with Crippen molar-refractivity contribution >= 4 is 54.6 Å². The Kier molecular flexibility index (Phi) is 3.62. The molecule has 1 aromatic heterocycles. The molecule has 0 fully saturated rings. The fourth-order valence-corrected chi connectivity index (χ4v) is 4.70. The van der Waals surface area contributed by atoms with Gasteiger partial charge in [-0.3, -0.25) is 0 Å². The normalized spacial score (nSPS) is 12.3. The SMILES string of the molecule is C/C(=C/c1cc2ccccc2s1)c1ccc2c(ccc3ccccc32)c1. The predicted octanol–water partition coefficient (Wildman–Crippen LogP) is 7.77. The molecule has 0 amide bonds. The summed E-state index contributed by atoms with van der Waals surface area (Å²) in [7, 11) is 0. The second-order valence-corrected chi connectivity index (χ2v) is 7.85. The highest BCUT2D eigenvalue weighted by Crippen LogP contribution is 2.31. The first kappa shape index (κ1) is 15.4. The fourth-order valence-electron chi connectivity index (χ4n) is 3.63. The van der Waals surface area contributed by atoms with Crippen LogP contribution >= 0.6 is 11.3 Å². The van der Waals surface area contributed by atoms with E-state index in [0.717, 1.165) is 0 Å². The molecule has 26 heavy (non-hydrogen) atoms. The van der Waals surface area contributed by atoms with Crippen molar-refractivity contribution in [1.29, 1.82) is 0 Å². The first-order valence-electron chi connectivity index (χ1n) is 8.87. The minimum atomic E-state index is 1.28. The van der Waals surface area contributed by atoms with Crippen LogP contribution in [0.2, 0.25) is 0 Å². The van der Waals surface area contributed by atoms with Crippen molar-refractivity contribution in [1.82, 2.24) is 0 Å². The molecular formula is C25H18S. The summed E-state index contributed by atoms with van der Waals surface area (Å²) >= 11 is 1.85. The van der Waals surface area contributed by atoms with Gasteiger partial charge in [-0.05, 0) is 69.3 Å². The van der Waals surface area contributed by atoms with E-state index < -0.39 is 0 Å². The van der Waals surface area contributed by atoms with Crippen LogP contribution in [0.1, 0.15) is 17.4 Å². The van der Waals surface area contributed by atoms with Crippen LogP contribution in [0.15, 0.2) is 84.9 Å². The number of thiophene rings is 1. The molecule has 1 heteroatoms. The minimum Gasteiger partial charge on any atom is -0.136 e. The third-order valence-electron chi connectivity index (χ3n) is 5.00. The Bertz CT molecular complexity index is 1250. The van der Waals surface area contributed by atoms with Crippen molar-refractivity contribution in [3.63, 3.8) is 0 Å². The lowest BCUT2D eigenvalue weighted by Crippen LogP contribution is -1.82. The largest absolute Gasteiger partial charge is 0.136 e. The highest BCUT2D eigenvalue weighted by molar-refractivity contribution is 7.19. The van der Waals surface area contributed by atoms with Crippen LogP contribution in [0.5, 0.6) is 0 Å². The molecular weight excluding hydrogens is 332 g/mol. The van der Waals surface area contributed by atoms with E-state index in [1.807, 2.05) is 11.3 Å². The Morgan fingerprint density at radius 3 is 2.31 bits per heavy atom. The fraction of sp³-hybridized carbons (Fsp3) is 0.0400. The smallest absolute Gasteiger partial charge is 0.0349 e. The maximum Gasteiger partial charge on any atom is 0.0349 e. The van der Waals surface area contributed by atoms with E-state index in [9.17, 15) is 0 Å². The topological polar surface area (TPSA) is 0 Å². The lowest BCUT2D eigenvalue weighted by molar-refractivity contribution is 1.63. The Labute approximate surface area is 157 Å². The van der Waals surface area contributed by atoms with E-state index in [-0.39, 0.29) is 0 Å². The summed E-state index contributed by atoms with van der Waals surface area (Å²) in [5.41, 5.74) is 2.58. The van der Waals surface area contributed by atoms with Gasteiger partial charge in [-0.1, -0.05) is 66.7 Å². The molecule has 0 saturated heterocycles. The molecule has 0 aliphatic heterocycles. The summed E-state index contributed by atoms with van der Waals surface area (Å²) in [5.74, 6) is 0. The zero-order chi connectivity index (χ0) is 17.5. The average Bonchev–Trinajstić information content (AvgIpc) is 3.09. The Balaban J connectivity index is 1.60. The molecule has 0 atom stereocenters. The quantitative estimate of drug-likeness (QED) is 0.285. The van der Waals surface area contributed by atoms with Gasteiger partial charge < -0.3 is 0 Å². The molecule has 5 aromatic rings. The van der Waals surface area contributed by atoms with Crippen LogP contribution in [0.3, 0.4) is 0 Å². The van der Waals surface area contributed by atoms with Crippen LogP contribution < -0.4 is 0 Å². The number of benzene rings is 4. The van der Waals surface area contributed by atoms with Crippen molar-refractivity contribution in [2.45, 2.75) is 6.92 Å². The lowest BCUT2D eigenvalue weighted by atomic mass is 9.98. The van der Waals surface area contributed by atoms with Crippen LogP contribution in [0.4, 0.5) is 0 Å². The van der Waals surface area contributed by atoms with Crippen LogP contribution in [0.25, 0.3) is 43.3 Å². The maximum atomic E-state index is 2.31. The summed E-state index contributed by atoms with van der Waals surface area (Å²) < 4.78 is 1.34. The van der Waals surface area contributed by atoms with E-state index in [0.29, 0.717) is 0 Å². The van der Waals surface area contributed by atoms with Gasteiger partial charge in [0.1, 0.15) is 0 Å². The van der Waals surface area contributed by atoms with Gasteiger partial charge >= 0.3 is 0 Å². The van der Waals surface area contributed by atoms with Gasteiger partial charge in [0.15, 0.2) is 0 Å². The van der Waals surface area contributed by atoms with E-state index >= 15 is 0 Å². The summed E-state index contributed by atoms with van der Waals surface area (Å²) in [6, 6.07) is 30.7. The van der Waals surface area contributed by atoms with Crippen LogP contribution in [-0.2, 0) is 0 Å². The second kappa shape index (κ2) is 6.12. The van der Waals surface area contributed by atoms with Gasteiger partial charge in [-0.15, -0.1) is 11.3 Å². The number of hydrogen-bond donors (Lipinski definition) is 0. The Hall–Kier alpha value is -2.90. The number of fused-ring (bicyclic) bond motifs is 4. The van der Waals surface area contributed by atoms with Gasteiger partial charge in [0.25, 0.3) is 0 Å². The van der Waals surface area contributed by atoms with Gasteiger partial charge in [0.05, 0.1) is 0 Å². The van der Waals surface area contributed by atoms with Crippen molar-refractivity contribution in [2.75, 3.05) is 0 Å². The third-order valence-corrected chi connectivity index (χ3v) is 6.07. The molecule has 0 N–H and O–H groups in total. The molecule has 124 valence electrons. The maximum absolute atomic E-state index is 2.31. The molecule has 0 saturated carbocycles. The lowest BCUT2D eigenvalue weighted by Gasteiger charge is -2.07. The molecule has 0 radical (unpaired) electrons. The van der Waals surface area contributed by atoms with Crippen molar-refractivity contribution < 1.29 is 0 Å². The van der Waals surface area contributed by atoms with Gasteiger partial charge in [-0.25, -0.2) is 0 Å². The second-order valence-electron chi connectivity index (χ2n) is 6.74. The first-order chi connectivity index (χ1) is 12.8. The van der Waals surface area contributed by atoms with Crippen LogP contribution in [-0.4, -0.2) is 0 Å². The molecule has 1 heterocycles. The standard InChI is InChI=1S/C25H18S/c1-17(14-22-16-21-7-3-5-9-25(21)26-22)19-12-13-24-20(15-19)11-10-18-6-2-4-8-23(18)24/h2-16H,1H3/b17-14-. The Morgan fingerprint density at radius 2 is 1.42 bits per heavy atom. The molecule has 5 rings (SSSR count). The van der Waals surface area contributed by atoms with Crippen molar-refractivity contribution in [2.24, 2.45) is 0 Å². The summed E-state index contributed by atoms with van der Waals surface area (Å²) in [6.07, 6.45) is 2.30. The monoisotopic (exact) mass is 350 g/mol. The molecule has 0 aliphatic rings. The highest BCUT2D eigenvalue weighted by Gasteiger charge is 2.04. The van der Waals surface area contributed by atoms with E-state index in [1.54, 1.807) is 0 Å². The van der Waals surface area contributed by atoms with Crippen LogP contribution in [0, 0.1) is 0 Å². The highest BCUT2D eigenvalue weighted by atomic mass is 32.1. The van der Waals surface area contributed by atoms with E-state index in [2.05, 4.69) is 97.9 Å². The number of rotatable bonds is 2. The van der Waals surface area contributed by atoms with Gasteiger partial charge in [-0.2, -0.15) is 0 Å². The summed E-state index contributed by atoms with van der Waals surface area (Å²) in [6.45, 7) is 2.20. The van der Waals surface area contributed by atoms with Crippen molar-refractivity contribution in [3.8, 4) is 0 Å². The summed E-state index contributed by atoms with van der Waals surface area (Å²) in [4.78, 5) is 1.31. The molecule has 0 bridgehead atoms. The molecule has 0 spiro atoms. The number of hydrogen-bond acceptors (Lipinski definition) is 1. The van der Waals surface area contributed by atoms with Gasteiger partial charge in [0.2, 0.25) is 0 Å². The zero-order valence-electron chi connectivity index (χ0n) is 14.6. The average molecular weight is 350 g/mol. The Morgan fingerprint density at radius 1 is 0.692 bits per heavy atom. The third kappa shape index (κ3) is 2.61.